The van der Waals surface area contributed by atoms with E-state index in [1.807, 2.05) is 67.6 Å². The van der Waals surface area contributed by atoms with Gasteiger partial charge in [-0.2, -0.15) is 0 Å². The normalized spacial score (nSPS) is 14.3. The van der Waals surface area contributed by atoms with Crippen molar-refractivity contribution >= 4 is 11.7 Å². The van der Waals surface area contributed by atoms with E-state index in [1.54, 1.807) is 12.5 Å². The Labute approximate surface area is 192 Å². The van der Waals surface area contributed by atoms with E-state index < -0.39 is 0 Å². The molecule has 0 bridgehead atoms. The number of hydrogen-bond donors (Lipinski definition) is 1. The van der Waals surface area contributed by atoms with E-state index in [0.717, 1.165) is 43.0 Å². The number of aryl methyl sites for hydroxylation is 1. The van der Waals surface area contributed by atoms with Crippen molar-refractivity contribution in [3.05, 3.63) is 84.4 Å². The molecule has 0 radical (unpaired) electrons. The van der Waals surface area contributed by atoms with Crippen LogP contribution in [0.2, 0.25) is 0 Å². The van der Waals surface area contributed by atoms with E-state index in [9.17, 15) is 4.79 Å². The summed E-state index contributed by atoms with van der Waals surface area (Å²) in [6, 6.07) is 19.3. The van der Waals surface area contributed by atoms with Gasteiger partial charge >= 0.3 is 0 Å². The van der Waals surface area contributed by atoms with E-state index in [-0.39, 0.29) is 11.9 Å². The van der Waals surface area contributed by atoms with Crippen molar-refractivity contribution in [3.8, 4) is 22.8 Å². The average Bonchev–Trinajstić information content (AvgIpc) is 3.35. The molecule has 0 atom stereocenters. The third-order valence-electron chi connectivity index (χ3n) is 5.91. The molecule has 7 nitrogen and oxygen atoms in total. The summed E-state index contributed by atoms with van der Waals surface area (Å²) in [6.45, 7) is 3.64. The maximum Gasteiger partial charge on any atom is 0.252 e. The number of anilines is 1. The highest BCUT2D eigenvalue weighted by atomic mass is 16.4. The van der Waals surface area contributed by atoms with Crippen LogP contribution in [0.1, 0.15) is 28.9 Å². The zero-order valence-electron chi connectivity index (χ0n) is 18.4. The van der Waals surface area contributed by atoms with Crippen LogP contribution in [0.3, 0.4) is 0 Å². The first-order valence-corrected chi connectivity index (χ1v) is 11.1. The predicted molar refractivity (Wildman–Crippen MR) is 127 cm³/mol. The van der Waals surface area contributed by atoms with Crippen LogP contribution in [0.25, 0.3) is 22.8 Å². The zero-order chi connectivity index (χ0) is 22.6. The molecule has 1 aliphatic rings. The molecular formula is C26H25N5O2. The topological polar surface area (TPSA) is 84.2 Å². The largest absolute Gasteiger partial charge is 0.436 e. The van der Waals surface area contributed by atoms with Crippen molar-refractivity contribution in [3.63, 3.8) is 0 Å². The van der Waals surface area contributed by atoms with Gasteiger partial charge in [0.15, 0.2) is 5.76 Å². The monoisotopic (exact) mass is 439 g/mol. The smallest absolute Gasteiger partial charge is 0.252 e. The van der Waals surface area contributed by atoms with Crippen LogP contribution in [0.5, 0.6) is 0 Å². The number of carbonyl (C=O) groups excluding carboxylic acids is 1. The lowest BCUT2D eigenvalue weighted by Crippen LogP contribution is -2.45. The van der Waals surface area contributed by atoms with E-state index >= 15 is 0 Å². The number of hydrogen-bond acceptors (Lipinski definition) is 6. The molecule has 2 aromatic carbocycles. The minimum Gasteiger partial charge on any atom is -0.436 e. The Bertz CT molecular complexity index is 1250. The van der Waals surface area contributed by atoms with Crippen LogP contribution >= 0.6 is 0 Å². The quantitative estimate of drug-likeness (QED) is 0.493. The number of nitrogens with one attached hydrogen (secondary N) is 1. The molecule has 2 aromatic heterocycles. The van der Waals surface area contributed by atoms with Crippen LogP contribution < -0.4 is 10.2 Å². The predicted octanol–water partition coefficient (Wildman–Crippen LogP) is 4.51. The molecule has 0 unspecified atom stereocenters. The summed E-state index contributed by atoms with van der Waals surface area (Å²) in [7, 11) is 0. The SMILES string of the molecule is Cc1cc(N2CCC(NC(=O)c3ccccc3-c3ncc(-c4ccccc4)o3)CC2)ncn1. The van der Waals surface area contributed by atoms with E-state index in [2.05, 4.69) is 25.2 Å². The zero-order valence-corrected chi connectivity index (χ0v) is 18.4. The van der Waals surface area contributed by atoms with Crippen molar-refractivity contribution in [2.24, 2.45) is 0 Å². The first-order valence-electron chi connectivity index (χ1n) is 11.1. The van der Waals surface area contributed by atoms with Crippen molar-refractivity contribution in [1.82, 2.24) is 20.3 Å². The second kappa shape index (κ2) is 9.24. The number of benzene rings is 2. The standard InChI is InChI=1S/C26H25N5O2/c1-18-15-24(29-17-28-18)31-13-11-20(12-14-31)30-25(32)21-9-5-6-10-22(21)26-27-16-23(33-26)19-7-3-2-4-8-19/h2-10,15-17,20H,11-14H2,1H3,(H,30,32). The molecule has 5 rings (SSSR count). The molecule has 7 heteroatoms. The van der Waals surface area contributed by atoms with Crippen LogP contribution in [0.4, 0.5) is 5.82 Å². The van der Waals surface area contributed by atoms with E-state index in [0.29, 0.717) is 22.8 Å². The lowest BCUT2D eigenvalue weighted by molar-refractivity contribution is 0.0931. The molecule has 1 N–H and O–H groups in total. The van der Waals surface area contributed by atoms with Crippen LogP contribution in [0.15, 0.2) is 77.6 Å². The second-order valence-electron chi connectivity index (χ2n) is 8.19. The van der Waals surface area contributed by atoms with Gasteiger partial charge in [0.2, 0.25) is 5.89 Å². The van der Waals surface area contributed by atoms with Gasteiger partial charge in [0.25, 0.3) is 5.91 Å². The third-order valence-corrected chi connectivity index (χ3v) is 5.91. The van der Waals surface area contributed by atoms with Gasteiger partial charge in [-0.3, -0.25) is 4.79 Å². The molecule has 1 amide bonds. The minimum absolute atomic E-state index is 0.106. The van der Waals surface area contributed by atoms with Gasteiger partial charge in [-0.1, -0.05) is 42.5 Å². The fourth-order valence-corrected chi connectivity index (χ4v) is 4.13. The summed E-state index contributed by atoms with van der Waals surface area (Å²) in [6.07, 6.45) is 5.01. The fourth-order valence-electron chi connectivity index (χ4n) is 4.13. The summed E-state index contributed by atoms with van der Waals surface area (Å²) < 4.78 is 6.00. The first kappa shape index (κ1) is 20.9. The Morgan fingerprint density at radius 2 is 1.76 bits per heavy atom. The van der Waals surface area contributed by atoms with Crippen LogP contribution in [0, 0.1) is 6.92 Å². The summed E-state index contributed by atoms with van der Waals surface area (Å²) in [5.41, 5.74) is 3.15. The number of rotatable bonds is 5. The summed E-state index contributed by atoms with van der Waals surface area (Å²) in [5.74, 6) is 1.94. The van der Waals surface area contributed by atoms with Crippen molar-refractivity contribution in [1.29, 1.82) is 0 Å². The molecule has 3 heterocycles. The van der Waals surface area contributed by atoms with Crippen LogP contribution in [-0.4, -0.2) is 40.0 Å². The number of amides is 1. The minimum atomic E-state index is -0.110. The fraction of sp³-hybridized carbons (Fsp3) is 0.231. The maximum absolute atomic E-state index is 13.2. The number of oxazole rings is 1. The van der Waals surface area contributed by atoms with Crippen molar-refractivity contribution in [2.45, 2.75) is 25.8 Å². The van der Waals surface area contributed by atoms with E-state index in [4.69, 9.17) is 4.42 Å². The highest BCUT2D eigenvalue weighted by Crippen LogP contribution is 2.28. The maximum atomic E-state index is 13.2. The van der Waals surface area contributed by atoms with Gasteiger partial charge < -0.3 is 14.6 Å². The Kier molecular flexibility index (Phi) is 5.85. The van der Waals surface area contributed by atoms with Crippen molar-refractivity contribution < 1.29 is 9.21 Å². The lowest BCUT2D eigenvalue weighted by Gasteiger charge is -2.33. The van der Waals surface area contributed by atoms with Crippen LogP contribution in [-0.2, 0) is 0 Å². The van der Waals surface area contributed by atoms with Crippen molar-refractivity contribution in [2.75, 3.05) is 18.0 Å². The van der Waals surface area contributed by atoms with Gasteiger partial charge in [0.05, 0.1) is 11.8 Å². The molecule has 1 aliphatic heterocycles. The number of nitrogens with zero attached hydrogens (tertiary/aromatic N) is 4. The molecule has 0 spiro atoms. The molecule has 33 heavy (non-hydrogen) atoms. The highest BCUT2D eigenvalue weighted by molar-refractivity contribution is 6.00. The molecule has 4 aromatic rings. The molecule has 1 fully saturated rings. The second-order valence-corrected chi connectivity index (χ2v) is 8.19. The van der Waals surface area contributed by atoms with Gasteiger partial charge in [-0.05, 0) is 31.9 Å². The van der Waals surface area contributed by atoms with Gasteiger partial charge in [0.1, 0.15) is 12.1 Å². The number of carbonyl (C=O) groups is 1. The summed E-state index contributed by atoms with van der Waals surface area (Å²) >= 11 is 0. The van der Waals surface area contributed by atoms with E-state index in [1.165, 1.54) is 0 Å². The van der Waals surface area contributed by atoms with Gasteiger partial charge in [0, 0.05) is 42.0 Å². The Morgan fingerprint density at radius 3 is 2.55 bits per heavy atom. The number of aromatic nitrogens is 3. The summed E-state index contributed by atoms with van der Waals surface area (Å²) in [5, 5.41) is 3.20. The molecular weight excluding hydrogens is 414 g/mol. The number of piperidine rings is 1. The lowest BCUT2D eigenvalue weighted by atomic mass is 10.0. The first-order chi connectivity index (χ1) is 16.2. The Balaban J connectivity index is 1.27. The average molecular weight is 440 g/mol. The van der Waals surface area contributed by atoms with Gasteiger partial charge in [-0.15, -0.1) is 0 Å². The Morgan fingerprint density at radius 1 is 1.00 bits per heavy atom. The molecule has 0 aliphatic carbocycles. The molecule has 1 saturated heterocycles. The highest BCUT2D eigenvalue weighted by Gasteiger charge is 2.24. The molecule has 0 saturated carbocycles. The molecule has 166 valence electrons. The van der Waals surface area contributed by atoms with Gasteiger partial charge in [-0.25, -0.2) is 15.0 Å². The third kappa shape index (κ3) is 4.62. The summed E-state index contributed by atoms with van der Waals surface area (Å²) in [4.78, 5) is 28.4. The Hall–Kier alpha value is -4.00.